The highest BCUT2D eigenvalue weighted by molar-refractivity contribution is 5.38. The smallest absolute Gasteiger partial charge is 0.257 e. The largest absolute Gasteiger partial charge is 0.299 e. The summed E-state index contributed by atoms with van der Waals surface area (Å²) in [5, 5.41) is 0. The minimum absolute atomic E-state index is 0.0369. The molecule has 1 heterocycles. The van der Waals surface area contributed by atoms with Crippen molar-refractivity contribution in [1.29, 1.82) is 0 Å². The molecule has 0 aliphatic heterocycles. The molecule has 2 aromatic rings. The van der Waals surface area contributed by atoms with Crippen LogP contribution in [0.2, 0.25) is 0 Å². The Morgan fingerprint density at radius 2 is 1.61 bits per heavy atom. The van der Waals surface area contributed by atoms with Gasteiger partial charge in [-0.1, -0.05) is 13.8 Å². The number of nitrogens with zero attached hydrogens (tertiary/aromatic N) is 2. The van der Waals surface area contributed by atoms with E-state index in [0.717, 1.165) is 5.56 Å². The third kappa shape index (κ3) is 3.67. The van der Waals surface area contributed by atoms with Crippen LogP contribution in [0.3, 0.4) is 0 Å². The maximum absolute atomic E-state index is 14.4. The van der Waals surface area contributed by atoms with E-state index < -0.39 is 11.6 Å². The van der Waals surface area contributed by atoms with Crippen LogP contribution in [-0.2, 0) is 6.54 Å². The molecule has 124 valence electrons. The third-order valence-corrected chi connectivity index (χ3v) is 4.01. The molecule has 0 N–H and O–H groups in total. The Morgan fingerprint density at radius 1 is 1.04 bits per heavy atom. The molecule has 2 rings (SSSR count). The van der Waals surface area contributed by atoms with E-state index in [9.17, 15) is 13.6 Å². The van der Waals surface area contributed by atoms with Crippen molar-refractivity contribution in [2.75, 3.05) is 13.1 Å². The molecular formula is C18H22F2N2O. The van der Waals surface area contributed by atoms with Gasteiger partial charge in [-0.05, 0) is 50.7 Å². The van der Waals surface area contributed by atoms with Gasteiger partial charge in [-0.2, -0.15) is 0 Å². The van der Waals surface area contributed by atoms with E-state index in [1.54, 1.807) is 19.2 Å². The van der Waals surface area contributed by atoms with Crippen LogP contribution in [0, 0.1) is 25.5 Å². The molecule has 23 heavy (non-hydrogen) atoms. The van der Waals surface area contributed by atoms with E-state index in [1.165, 1.54) is 16.7 Å². The summed E-state index contributed by atoms with van der Waals surface area (Å²) in [5.41, 5.74) is 1.37. The molecule has 0 fully saturated rings. The summed E-state index contributed by atoms with van der Waals surface area (Å²) in [6, 6.07) is 4.20. The SMILES string of the molecule is CCN(CC)Cc1c(F)cc(-n2cc(C)cc(C)c2=O)cc1F. The monoisotopic (exact) mass is 320 g/mol. The van der Waals surface area contributed by atoms with Crippen molar-refractivity contribution >= 4 is 0 Å². The normalized spacial score (nSPS) is 11.3. The molecule has 0 atom stereocenters. The lowest BCUT2D eigenvalue weighted by atomic mass is 10.1. The standard InChI is InChI=1S/C18H22F2N2O/c1-5-21(6-2)11-15-16(19)8-14(9-17(15)20)22-10-12(3)7-13(4)18(22)23/h7-10H,5-6,11H2,1-4H3. The zero-order valence-corrected chi connectivity index (χ0v) is 14.0. The van der Waals surface area contributed by atoms with Gasteiger partial charge in [0.15, 0.2) is 0 Å². The fourth-order valence-electron chi connectivity index (χ4n) is 2.64. The van der Waals surface area contributed by atoms with E-state index in [1.807, 2.05) is 25.7 Å². The predicted octanol–water partition coefficient (Wildman–Crippen LogP) is 3.57. The molecule has 0 aliphatic rings. The molecule has 0 saturated carbocycles. The fourth-order valence-corrected chi connectivity index (χ4v) is 2.64. The van der Waals surface area contributed by atoms with Crippen LogP contribution in [-0.4, -0.2) is 22.6 Å². The van der Waals surface area contributed by atoms with Gasteiger partial charge in [0.05, 0.1) is 5.69 Å². The number of aryl methyl sites for hydroxylation is 2. The van der Waals surface area contributed by atoms with Crippen molar-refractivity contribution < 1.29 is 8.78 Å². The number of aromatic nitrogens is 1. The Bertz CT molecular complexity index is 741. The van der Waals surface area contributed by atoms with E-state index in [0.29, 0.717) is 18.7 Å². The van der Waals surface area contributed by atoms with E-state index in [4.69, 9.17) is 0 Å². The van der Waals surface area contributed by atoms with E-state index in [-0.39, 0.29) is 23.4 Å². The van der Waals surface area contributed by atoms with Crippen LogP contribution in [0.25, 0.3) is 5.69 Å². The number of hydrogen-bond acceptors (Lipinski definition) is 2. The molecule has 0 radical (unpaired) electrons. The molecule has 0 aliphatic carbocycles. The van der Waals surface area contributed by atoms with E-state index in [2.05, 4.69) is 0 Å². The Morgan fingerprint density at radius 3 is 2.13 bits per heavy atom. The molecule has 0 spiro atoms. The second kappa shape index (κ2) is 7.04. The first-order valence-corrected chi connectivity index (χ1v) is 7.77. The van der Waals surface area contributed by atoms with Gasteiger partial charge in [-0.3, -0.25) is 14.3 Å². The Labute approximate surface area is 135 Å². The van der Waals surface area contributed by atoms with Gasteiger partial charge < -0.3 is 0 Å². The lowest BCUT2D eigenvalue weighted by molar-refractivity contribution is 0.286. The van der Waals surface area contributed by atoms with Gasteiger partial charge in [0.2, 0.25) is 0 Å². The van der Waals surface area contributed by atoms with Crippen molar-refractivity contribution in [3.63, 3.8) is 0 Å². The minimum Gasteiger partial charge on any atom is -0.299 e. The van der Waals surface area contributed by atoms with Gasteiger partial charge >= 0.3 is 0 Å². The lowest BCUT2D eigenvalue weighted by Crippen LogP contribution is -2.24. The van der Waals surface area contributed by atoms with Crippen LogP contribution in [0.4, 0.5) is 8.78 Å². The first-order valence-electron chi connectivity index (χ1n) is 7.77. The summed E-state index contributed by atoms with van der Waals surface area (Å²) in [6.45, 7) is 9.07. The maximum Gasteiger partial charge on any atom is 0.257 e. The van der Waals surface area contributed by atoms with Crippen LogP contribution >= 0.6 is 0 Å². The fraction of sp³-hybridized carbons (Fsp3) is 0.389. The van der Waals surface area contributed by atoms with E-state index >= 15 is 0 Å². The van der Waals surface area contributed by atoms with Gasteiger partial charge in [0.1, 0.15) is 11.6 Å². The number of halogens is 2. The van der Waals surface area contributed by atoms with Crippen molar-refractivity contribution in [1.82, 2.24) is 9.47 Å². The summed E-state index contributed by atoms with van der Waals surface area (Å²) in [7, 11) is 0. The Hall–Kier alpha value is -2.01. The summed E-state index contributed by atoms with van der Waals surface area (Å²) >= 11 is 0. The summed E-state index contributed by atoms with van der Waals surface area (Å²) in [4.78, 5) is 14.1. The van der Waals surface area contributed by atoms with Crippen LogP contribution in [0.15, 0.2) is 29.2 Å². The minimum atomic E-state index is -0.627. The number of benzene rings is 1. The maximum atomic E-state index is 14.4. The van der Waals surface area contributed by atoms with Gasteiger partial charge in [0, 0.05) is 23.9 Å². The van der Waals surface area contributed by atoms with Crippen LogP contribution in [0.5, 0.6) is 0 Å². The highest BCUT2D eigenvalue weighted by Crippen LogP contribution is 2.20. The molecule has 0 unspecified atom stereocenters. The Kier molecular flexibility index (Phi) is 5.31. The summed E-state index contributed by atoms with van der Waals surface area (Å²) in [6.07, 6.45) is 1.59. The third-order valence-electron chi connectivity index (χ3n) is 4.01. The average molecular weight is 320 g/mol. The van der Waals surface area contributed by atoms with Crippen molar-refractivity contribution in [3.05, 3.63) is 63.1 Å². The predicted molar refractivity (Wildman–Crippen MR) is 88.1 cm³/mol. The van der Waals surface area contributed by atoms with Gasteiger partial charge in [-0.25, -0.2) is 8.78 Å². The lowest BCUT2D eigenvalue weighted by Gasteiger charge is -2.19. The zero-order valence-electron chi connectivity index (χ0n) is 14.0. The molecule has 1 aromatic heterocycles. The highest BCUT2D eigenvalue weighted by Gasteiger charge is 2.15. The van der Waals surface area contributed by atoms with Crippen molar-refractivity contribution in [2.24, 2.45) is 0 Å². The molecule has 0 amide bonds. The first-order chi connectivity index (χ1) is 10.9. The second-order valence-electron chi connectivity index (χ2n) is 5.72. The van der Waals surface area contributed by atoms with Gasteiger partial charge in [-0.15, -0.1) is 0 Å². The average Bonchev–Trinajstić information content (AvgIpc) is 2.50. The molecule has 1 aromatic carbocycles. The van der Waals surface area contributed by atoms with Crippen LogP contribution in [0.1, 0.15) is 30.5 Å². The molecule has 0 saturated heterocycles. The molecule has 5 heteroatoms. The topological polar surface area (TPSA) is 25.2 Å². The van der Waals surface area contributed by atoms with Crippen molar-refractivity contribution in [2.45, 2.75) is 34.2 Å². The molecule has 0 bridgehead atoms. The second-order valence-corrected chi connectivity index (χ2v) is 5.72. The highest BCUT2D eigenvalue weighted by atomic mass is 19.1. The quantitative estimate of drug-likeness (QED) is 0.841. The van der Waals surface area contributed by atoms with Crippen molar-refractivity contribution in [3.8, 4) is 5.69 Å². The Balaban J connectivity index is 2.50. The molecular weight excluding hydrogens is 298 g/mol. The molecule has 3 nitrogen and oxygen atoms in total. The van der Waals surface area contributed by atoms with Gasteiger partial charge in [0.25, 0.3) is 5.56 Å². The zero-order chi connectivity index (χ0) is 17.1. The number of pyridine rings is 1. The first kappa shape index (κ1) is 17.3. The van der Waals surface area contributed by atoms with Crippen LogP contribution < -0.4 is 5.56 Å². The number of hydrogen-bond donors (Lipinski definition) is 0. The number of rotatable bonds is 5. The summed E-state index contributed by atoms with van der Waals surface area (Å²) in [5.74, 6) is -1.25. The summed E-state index contributed by atoms with van der Waals surface area (Å²) < 4.78 is 30.1.